The standard InChI is InChI=1S/C19H20ClFN2O.ClH/c20-16-5-1-3-14(9-16)19(15-4-2-6-17(21)10-15)23-18(24)12-22-11-13-7-8-13;/h1-6,9-10,13,19,22H,7-8,11-12H2,(H,23,24);1H. The molecular weight excluding hydrogens is 362 g/mol. The van der Waals surface area contributed by atoms with Crippen LogP contribution in [0.5, 0.6) is 0 Å². The van der Waals surface area contributed by atoms with E-state index in [2.05, 4.69) is 10.6 Å². The molecular formula is C19H21Cl2FN2O. The second-order valence-electron chi connectivity index (χ2n) is 6.18. The second-order valence-corrected chi connectivity index (χ2v) is 6.62. The van der Waals surface area contributed by atoms with Crippen molar-refractivity contribution in [3.63, 3.8) is 0 Å². The van der Waals surface area contributed by atoms with Gasteiger partial charge in [-0.1, -0.05) is 35.9 Å². The van der Waals surface area contributed by atoms with Crippen LogP contribution in [0, 0.1) is 11.7 Å². The van der Waals surface area contributed by atoms with Crippen LogP contribution in [0.2, 0.25) is 5.02 Å². The van der Waals surface area contributed by atoms with E-state index >= 15 is 0 Å². The van der Waals surface area contributed by atoms with E-state index in [-0.39, 0.29) is 30.7 Å². The fourth-order valence-corrected chi connectivity index (χ4v) is 2.85. The van der Waals surface area contributed by atoms with Gasteiger partial charge in [-0.3, -0.25) is 4.79 Å². The van der Waals surface area contributed by atoms with Gasteiger partial charge >= 0.3 is 0 Å². The van der Waals surface area contributed by atoms with Crippen molar-refractivity contribution in [2.75, 3.05) is 13.1 Å². The molecule has 2 aromatic carbocycles. The van der Waals surface area contributed by atoms with Gasteiger partial charge < -0.3 is 10.6 Å². The Morgan fingerprint density at radius 2 is 1.84 bits per heavy atom. The molecule has 25 heavy (non-hydrogen) atoms. The number of carbonyl (C=O) groups excluding carboxylic acids is 1. The zero-order valence-electron chi connectivity index (χ0n) is 13.7. The molecule has 0 aliphatic heterocycles. The van der Waals surface area contributed by atoms with E-state index in [1.807, 2.05) is 12.1 Å². The number of amides is 1. The van der Waals surface area contributed by atoms with Crippen LogP contribution in [0.3, 0.4) is 0 Å². The van der Waals surface area contributed by atoms with E-state index in [0.717, 1.165) is 12.1 Å². The molecule has 6 heteroatoms. The lowest BCUT2D eigenvalue weighted by Gasteiger charge is -2.20. The Morgan fingerprint density at radius 3 is 2.48 bits per heavy atom. The summed E-state index contributed by atoms with van der Waals surface area (Å²) in [5, 5.41) is 6.72. The smallest absolute Gasteiger partial charge is 0.234 e. The molecule has 0 heterocycles. The molecule has 0 radical (unpaired) electrons. The number of rotatable bonds is 7. The monoisotopic (exact) mass is 382 g/mol. The highest BCUT2D eigenvalue weighted by Crippen LogP contribution is 2.27. The van der Waals surface area contributed by atoms with Gasteiger partial charge in [0.15, 0.2) is 0 Å². The van der Waals surface area contributed by atoms with Crippen LogP contribution < -0.4 is 10.6 Å². The number of carbonyl (C=O) groups is 1. The topological polar surface area (TPSA) is 41.1 Å². The van der Waals surface area contributed by atoms with Crippen molar-refractivity contribution in [2.24, 2.45) is 5.92 Å². The van der Waals surface area contributed by atoms with Crippen LogP contribution in [0.15, 0.2) is 48.5 Å². The van der Waals surface area contributed by atoms with Crippen LogP contribution >= 0.6 is 24.0 Å². The fourth-order valence-electron chi connectivity index (χ4n) is 2.66. The third kappa shape index (κ3) is 5.99. The van der Waals surface area contributed by atoms with Crippen molar-refractivity contribution in [1.82, 2.24) is 10.6 Å². The minimum Gasteiger partial charge on any atom is -0.344 e. The summed E-state index contributed by atoms with van der Waals surface area (Å²) >= 11 is 6.07. The number of nitrogens with one attached hydrogen (secondary N) is 2. The zero-order chi connectivity index (χ0) is 16.9. The SMILES string of the molecule is Cl.O=C(CNCC1CC1)NC(c1cccc(F)c1)c1cccc(Cl)c1. The van der Waals surface area contributed by atoms with Gasteiger partial charge in [-0.2, -0.15) is 0 Å². The van der Waals surface area contributed by atoms with Gasteiger partial charge in [0.25, 0.3) is 0 Å². The molecule has 0 saturated heterocycles. The van der Waals surface area contributed by atoms with Crippen molar-refractivity contribution in [3.8, 4) is 0 Å². The average Bonchev–Trinajstić information content (AvgIpc) is 3.37. The van der Waals surface area contributed by atoms with Crippen LogP contribution in [-0.2, 0) is 4.79 Å². The predicted molar refractivity (Wildman–Crippen MR) is 101 cm³/mol. The van der Waals surface area contributed by atoms with Gasteiger partial charge in [0.1, 0.15) is 5.82 Å². The highest BCUT2D eigenvalue weighted by molar-refractivity contribution is 6.30. The summed E-state index contributed by atoms with van der Waals surface area (Å²) in [5.74, 6) is 0.260. The normalized spacial score (nSPS) is 14.5. The second kappa shape index (κ2) is 9.18. The lowest BCUT2D eigenvalue weighted by atomic mass is 9.98. The molecule has 2 N–H and O–H groups in total. The van der Waals surface area contributed by atoms with Crippen LogP contribution in [0.4, 0.5) is 4.39 Å². The number of benzene rings is 2. The number of hydrogen-bond acceptors (Lipinski definition) is 2. The number of hydrogen-bond donors (Lipinski definition) is 2. The molecule has 1 atom stereocenters. The largest absolute Gasteiger partial charge is 0.344 e. The van der Waals surface area contributed by atoms with Crippen LogP contribution in [0.25, 0.3) is 0 Å². The molecule has 1 fully saturated rings. The van der Waals surface area contributed by atoms with Crippen LogP contribution in [0.1, 0.15) is 30.0 Å². The third-order valence-electron chi connectivity index (χ3n) is 4.08. The van der Waals surface area contributed by atoms with Crippen molar-refractivity contribution in [2.45, 2.75) is 18.9 Å². The maximum absolute atomic E-state index is 13.6. The quantitative estimate of drug-likeness (QED) is 0.756. The summed E-state index contributed by atoms with van der Waals surface area (Å²) in [6.07, 6.45) is 2.48. The molecule has 2 aromatic rings. The Kier molecular flexibility index (Phi) is 7.24. The van der Waals surface area contributed by atoms with Crippen molar-refractivity contribution in [3.05, 3.63) is 70.5 Å². The molecule has 0 spiro atoms. The predicted octanol–water partition coefficient (Wildman–Crippen LogP) is 4.11. The Hall–Kier alpha value is -1.62. The first-order chi connectivity index (χ1) is 11.6. The van der Waals surface area contributed by atoms with E-state index in [9.17, 15) is 9.18 Å². The van der Waals surface area contributed by atoms with Gasteiger partial charge in [-0.05, 0) is 60.7 Å². The molecule has 3 rings (SSSR count). The van der Waals surface area contributed by atoms with E-state index in [4.69, 9.17) is 11.6 Å². The molecule has 1 unspecified atom stereocenters. The fraction of sp³-hybridized carbons (Fsp3) is 0.316. The minimum absolute atomic E-state index is 0. The minimum atomic E-state index is -0.436. The highest BCUT2D eigenvalue weighted by Gasteiger charge is 2.21. The van der Waals surface area contributed by atoms with Gasteiger partial charge in [0.2, 0.25) is 5.91 Å². The molecule has 3 nitrogen and oxygen atoms in total. The molecule has 1 amide bonds. The summed E-state index contributed by atoms with van der Waals surface area (Å²) in [6, 6.07) is 13.1. The lowest BCUT2D eigenvalue weighted by Crippen LogP contribution is -2.37. The van der Waals surface area contributed by atoms with E-state index in [0.29, 0.717) is 16.5 Å². The summed E-state index contributed by atoms with van der Waals surface area (Å²) in [7, 11) is 0. The average molecular weight is 383 g/mol. The molecule has 1 aliphatic carbocycles. The molecule has 1 saturated carbocycles. The Labute approximate surface area is 158 Å². The van der Waals surface area contributed by atoms with Crippen molar-refractivity contribution in [1.29, 1.82) is 0 Å². The van der Waals surface area contributed by atoms with Gasteiger partial charge in [0, 0.05) is 5.02 Å². The summed E-state index contributed by atoms with van der Waals surface area (Å²) in [5.41, 5.74) is 1.51. The first-order valence-corrected chi connectivity index (χ1v) is 8.50. The van der Waals surface area contributed by atoms with Crippen molar-refractivity contribution < 1.29 is 9.18 Å². The van der Waals surface area contributed by atoms with Gasteiger partial charge in [0.05, 0.1) is 12.6 Å². The van der Waals surface area contributed by atoms with Crippen LogP contribution in [-0.4, -0.2) is 19.0 Å². The first-order valence-electron chi connectivity index (χ1n) is 8.13. The van der Waals surface area contributed by atoms with E-state index in [1.54, 1.807) is 24.3 Å². The van der Waals surface area contributed by atoms with Gasteiger partial charge in [-0.25, -0.2) is 4.39 Å². The summed E-state index contributed by atoms with van der Waals surface area (Å²) in [4.78, 5) is 12.3. The van der Waals surface area contributed by atoms with Crippen molar-refractivity contribution >= 4 is 29.9 Å². The van der Waals surface area contributed by atoms with Gasteiger partial charge in [-0.15, -0.1) is 12.4 Å². The number of halogens is 3. The summed E-state index contributed by atoms with van der Waals surface area (Å²) in [6.45, 7) is 1.12. The highest BCUT2D eigenvalue weighted by atomic mass is 35.5. The van der Waals surface area contributed by atoms with E-state index in [1.165, 1.54) is 25.0 Å². The molecule has 0 bridgehead atoms. The lowest BCUT2D eigenvalue weighted by molar-refractivity contribution is -0.120. The maximum Gasteiger partial charge on any atom is 0.234 e. The van der Waals surface area contributed by atoms with E-state index < -0.39 is 6.04 Å². The molecule has 1 aliphatic rings. The molecule has 0 aromatic heterocycles. The molecule has 134 valence electrons. The summed E-state index contributed by atoms with van der Waals surface area (Å²) < 4.78 is 13.6. The first kappa shape index (κ1) is 19.7. The Bertz CT molecular complexity index is 677. The Balaban J connectivity index is 0.00000225. The third-order valence-corrected chi connectivity index (χ3v) is 4.32. The zero-order valence-corrected chi connectivity index (χ0v) is 15.2. The Morgan fingerprint density at radius 1 is 1.16 bits per heavy atom. The maximum atomic E-state index is 13.6.